The van der Waals surface area contributed by atoms with Gasteiger partial charge in [-0.3, -0.25) is 0 Å². The Hall–Kier alpha value is -0.970. The summed E-state index contributed by atoms with van der Waals surface area (Å²) < 4.78 is 5.68. The largest absolute Gasteiger partial charge is 0.475 e. The summed E-state index contributed by atoms with van der Waals surface area (Å²) in [4.78, 5) is 8.97. The molecule has 1 aromatic heterocycles. The van der Waals surface area contributed by atoms with E-state index < -0.39 is 0 Å². The molecule has 1 aliphatic rings. The lowest BCUT2D eigenvalue weighted by Gasteiger charge is -2.20. The molecule has 112 valence electrons. The highest BCUT2D eigenvalue weighted by atomic mass is 32.2. The second kappa shape index (κ2) is 7.16. The van der Waals surface area contributed by atoms with Gasteiger partial charge in [-0.2, -0.15) is 16.7 Å². The van der Waals surface area contributed by atoms with Gasteiger partial charge in [0.25, 0.3) is 0 Å². The van der Waals surface area contributed by atoms with E-state index in [0.29, 0.717) is 23.1 Å². The highest BCUT2D eigenvalue weighted by Crippen LogP contribution is 2.31. The van der Waals surface area contributed by atoms with E-state index in [0.717, 1.165) is 5.69 Å². The molecule has 1 aliphatic carbocycles. The van der Waals surface area contributed by atoms with Crippen molar-refractivity contribution in [2.24, 2.45) is 0 Å². The van der Waals surface area contributed by atoms with Gasteiger partial charge in [0.05, 0.1) is 6.10 Å². The third-order valence-corrected chi connectivity index (χ3v) is 4.66. The fourth-order valence-electron chi connectivity index (χ4n) is 2.58. The quantitative estimate of drug-likeness (QED) is 0.868. The number of hydrogen-bond donors (Lipinski definition) is 1. The van der Waals surface area contributed by atoms with E-state index >= 15 is 0 Å². The Morgan fingerprint density at radius 3 is 2.90 bits per heavy atom. The molecule has 20 heavy (non-hydrogen) atoms. The van der Waals surface area contributed by atoms with Crippen LogP contribution < -0.4 is 10.1 Å². The first-order valence-electron chi connectivity index (χ1n) is 7.49. The number of hydrogen-bond acceptors (Lipinski definition) is 5. The van der Waals surface area contributed by atoms with E-state index in [4.69, 9.17) is 4.74 Å². The number of rotatable bonds is 6. The lowest BCUT2D eigenvalue weighted by molar-refractivity contribution is 0.232. The Balaban J connectivity index is 2.06. The summed E-state index contributed by atoms with van der Waals surface area (Å²) in [5.74, 6) is 2.53. The number of aryl methyl sites for hydroxylation is 1. The normalized spacial score (nSPS) is 22.2. The van der Waals surface area contributed by atoms with Gasteiger partial charge in [-0.1, -0.05) is 13.3 Å². The van der Waals surface area contributed by atoms with Crippen molar-refractivity contribution in [1.29, 1.82) is 0 Å². The molecule has 5 heteroatoms. The van der Waals surface area contributed by atoms with E-state index in [2.05, 4.69) is 22.2 Å². The molecule has 0 aliphatic heterocycles. The molecule has 2 unspecified atom stereocenters. The fraction of sp³-hybridized carbons (Fsp3) is 0.733. The van der Waals surface area contributed by atoms with Crippen LogP contribution in [0.4, 0.5) is 5.95 Å². The lowest BCUT2D eigenvalue weighted by Crippen LogP contribution is -2.27. The molecule has 4 nitrogen and oxygen atoms in total. The Morgan fingerprint density at radius 2 is 2.20 bits per heavy atom. The average molecular weight is 295 g/mol. The van der Waals surface area contributed by atoms with Gasteiger partial charge in [-0.05, 0) is 39.4 Å². The zero-order valence-corrected chi connectivity index (χ0v) is 13.7. The number of nitrogens with one attached hydrogen (secondary N) is 1. The summed E-state index contributed by atoms with van der Waals surface area (Å²) in [6.07, 6.45) is 3.91. The van der Waals surface area contributed by atoms with Crippen LogP contribution in [0.5, 0.6) is 5.88 Å². The predicted octanol–water partition coefficient (Wildman–Crippen LogP) is 3.66. The lowest BCUT2D eigenvalue weighted by atomic mass is 10.2. The van der Waals surface area contributed by atoms with Crippen LogP contribution in [0.15, 0.2) is 6.07 Å². The van der Waals surface area contributed by atoms with Gasteiger partial charge in [0, 0.05) is 23.1 Å². The van der Waals surface area contributed by atoms with Gasteiger partial charge in [0.15, 0.2) is 0 Å². The number of thioether (sulfide) groups is 1. The van der Waals surface area contributed by atoms with Crippen molar-refractivity contribution in [3.63, 3.8) is 0 Å². The number of ether oxygens (including phenoxy) is 1. The molecular formula is C15H25N3OS. The van der Waals surface area contributed by atoms with Crippen molar-refractivity contribution in [3.8, 4) is 5.88 Å². The fourth-order valence-corrected chi connectivity index (χ4v) is 3.77. The Kier molecular flexibility index (Phi) is 5.52. The third kappa shape index (κ3) is 4.27. The molecule has 2 rings (SSSR count). The summed E-state index contributed by atoms with van der Waals surface area (Å²) in [5, 5.41) is 4.19. The summed E-state index contributed by atoms with van der Waals surface area (Å²) in [7, 11) is 0. The number of anilines is 1. The van der Waals surface area contributed by atoms with Crippen molar-refractivity contribution in [2.45, 2.75) is 64.4 Å². The minimum absolute atomic E-state index is 0.132. The molecule has 2 atom stereocenters. The van der Waals surface area contributed by atoms with Gasteiger partial charge < -0.3 is 10.1 Å². The first-order chi connectivity index (χ1) is 9.58. The van der Waals surface area contributed by atoms with Crippen LogP contribution in [0.2, 0.25) is 0 Å². The van der Waals surface area contributed by atoms with Gasteiger partial charge in [-0.25, -0.2) is 4.98 Å². The SMILES string of the molecule is CCSC1CCCC1Nc1nc(C)cc(OC(C)C)n1. The third-order valence-electron chi connectivity index (χ3n) is 3.33. The smallest absolute Gasteiger partial charge is 0.226 e. The highest BCUT2D eigenvalue weighted by Gasteiger charge is 2.27. The first kappa shape index (κ1) is 15.4. The second-order valence-electron chi connectivity index (χ2n) is 5.51. The zero-order chi connectivity index (χ0) is 14.5. The first-order valence-corrected chi connectivity index (χ1v) is 8.54. The van der Waals surface area contributed by atoms with Crippen LogP contribution in [0, 0.1) is 6.92 Å². The number of nitrogens with zero attached hydrogens (tertiary/aromatic N) is 2. The van der Waals surface area contributed by atoms with E-state index in [1.54, 1.807) is 0 Å². The standard InChI is InChI=1S/C15H25N3OS/c1-5-20-13-8-6-7-12(13)17-15-16-11(4)9-14(18-15)19-10(2)3/h9-10,12-13H,5-8H2,1-4H3,(H,16,17,18). The van der Waals surface area contributed by atoms with Crippen molar-refractivity contribution in [3.05, 3.63) is 11.8 Å². The van der Waals surface area contributed by atoms with E-state index in [1.807, 2.05) is 38.6 Å². The molecule has 1 aromatic rings. The van der Waals surface area contributed by atoms with Gasteiger partial charge in [-0.15, -0.1) is 0 Å². The maximum absolute atomic E-state index is 5.68. The van der Waals surface area contributed by atoms with Crippen LogP contribution in [0.3, 0.4) is 0 Å². The van der Waals surface area contributed by atoms with Gasteiger partial charge in [0.2, 0.25) is 11.8 Å². The molecule has 1 fully saturated rings. The highest BCUT2D eigenvalue weighted by molar-refractivity contribution is 7.99. The van der Waals surface area contributed by atoms with Crippen molar-refractivity contribution < 1.29 is 4.74 Å². The average Bonchev–Trinajstić information content (AvgIpc) is 2.75. The summed E-state index contributed by atoms with van der Waals surface area (Å²) in [5.41, 5.74) is 0.941. The monoisotopic (exact) mass is 295 g/mol. The predicted molar refractivity (Wildman–Crippen MR) is 85.7 cm³/mol. The Morgan fingerprint density at radius 1 is 1.40 bits per heavy atom. The molecule has 0 radical (unpaired) electrons. The van der Waals surface area contributed by atoms with Crippen LogP contribution in [-0.4, -0.2) is 33.1 Å². The van der Waals surface area contributed by atoms with E-state index in [1.165, 1.54) is 25.0 Å². The van der Waals surface area contributed by atoms with E-state index in [-0.39, 0.29) is 6.10 Å². The Labute approximate surface area is 126 Å². The molecule has 1 saturated carbocycles. The van der Waals surface area contributed by atoms with Crippen LogP contribution in [-0.2, 0) is 0 Å². The van der Waals surface area contributed by atoms with E-state index in [9.17, 15) is 0 Å². The maximum atomic E-state index is 5.68. The van der Waals surface area contributed by atoms with Gasteiger partial charge in [0.1, 0.15) is 0 Å². The van der Waals surface area contributed by atoms with Crippen molar-refractivity contribution in [2.75, 3.05) is 11.1 Å². The molecular weight excluding hydrogens is 270 g/mol. The molecule has 0 saturated heterocycles. The minimum atomic E-state index is 0.132. The second-order valence-corrected chi connectivity index (χ2v) is 7.03. The Bertz CT molecular complexity index is 439. The molecule has 0 aromatic carbocycles. The molecule has 0 amide bonds. The van der Waals surface area contributed by atoms with Crippen LogP contribution >= 0.6 is 11.8 Å². The van der Waals surface area contributed by atoms with Crippen LogP contribution in [0.1, 0.15) is 45.7 Å². The molecule has 0 spiro atoms. The molecule has 1 heterocycles. The van der Waals surface area contributed by atoms with Crippen molar-refractivity contribution >= 4 is 17.7 Å². The van der Waals surface area contributed by atoms with Crippen LogP contribution in [0.25, 0.3) is 0 Å². The summed E-state index contributed by atoms with van der Waals surface area (Å²) in [6.45, 7) is 8.22. The number of aromatic nitrogens is 2. The molecule has 1 N–H and O–H groups in total. The summed E-state index contributed by atoms with van der Waals surface area (Å²) in [6, 6.07) is 2.37. The van der Waals surface area contributed by atoms with Crippen molar-refractivity contribution in [1.82, 2.24) is 9.97 Å². The zero-order valence-electron chi connectivity index (χ0n) is 12.8. The van der Waals surface area contributed by atoms with Gasteiger partial charge >= 0.3 is 0 Å². The maximum Gasteiger partial charge on any atom is 0.226 e. The topological polar surface area (TPSA) is 47.0 Å². The summed E-state index contributed by atoms with van der Waals surface area (Å²) >= 11 is 2.04. The minimum Gasteiger partial charge on any atom is -0.475 e. The molecule has 0 bridgehead atoms.